The average Bonchev–Trinajstić information content (AvgIpc) is 3.08. The number of hydrogen-bond acceptors (Lipinski definition) is 4. The Balaban J connectivity index is 1.55. The summed E-state index contributed by atoms with van der Waals surface area (Å²) in [6.07, 6.45) is 0. The second-order valence-corrected chi connectivity index (χ2v) is 6.92. The zero-order chi connectivity index (χ0) is 16.2. The quantitative estimate of drug-likeness (QED) is 0.863. The lowest BCUT2D eigenvalue weighted by Crippen LogP contribution is -2.48. The molecule has 1 fully saturated rings. The number of hydrogen-bond donors (Lipinski definition) is 0. The van der Waals surface area contributed by atoms with Crippen LogP contribution in [0.1, 0.15) is 15.9 Å². The maximum Gasteiger partial charge on any atom is 0.253 e. The number of carbonyl (C=O) groups excluding carboxylic acids is 1. The highest BCUT2D eigenvalue weighted by Crippen LogP contribution is 2.16. The summed E-state index contributed by atoms with van der Waals surface area (Å²) < 4.78 is 0. The molecule has 1 aromatic carbocycles. The van der Waals surface area contributed by atoms with Crippen molar-refractivity contribution in [1.29, 1.82) is 0 Å². The lowest BCUT2D eigenvalue weighted by atomic mass is 10.1. The van der Waals surface area contributed by atoms with Gasteiger partial charge >= 0.3 is 0 Å². The molecule has 0 N–H and O–H groups in total. The van der Waals surface area contributed by atoms with E-state index in [9.17, 15) is 4.79 Å². The Bertz CT molecular complexity index is 629. The molecule has 2 aromatic rings. The molecule has 0 saturated carbocycles. The largest absolute Gasteiger partial charge is 0.378 e. The van der Waals surface area contributed by atoms with Crippen LogP contribution in [-0.2, 0) is 6.54 Å². The molecule has 0 radical (unpaired) electrons. The van der Waals surface area contributed by atoms with E-state index in [2.05, 4.69) is 21.7 Å². The first kappa shape index (κ1) is 16.0. The Labute approximate surface area is 141 Å². The van der Waals surface area contributed by atoms with E-state index in [4.69, 9.17) is 0 Å². The van der Waals surface area contributed by atoms with Crippen molar-refractivity contribution in [1.82, 2.24) is 9.80 Å². The zero-order valence-corrected chi connectivity index (χ0v) is 14.6. The highest BCUT2D eigenvalue weighted by molar-refractivity contribution is 7.07. The van der Waals surface area contributed by atoms with E-state index in [0.29, 0.717) is 0 Å². The molecule has 5 heteroatoms. The van der Waals surface area contributed by atoms with Gasteiger partial charge in [-0.05, 0) is 46.7 Å². The first-order chi connectivity index (χ1) is 11.1. The van der Waals surface area contributed by atoms with E-state index < -0.39 is 0 Å². The fraction of sp³-hybridized carbons (Fsp3) is 0.389. The molecule has 4 nitrogen and oxygen atoms in total. The maximum absolute atomic E-state index is 12.6. The molecular formula is C18H23N3OS. The minimum Gasteiger partial charge on any atom is -0.378 e. The summed E-state index contributed by atoms with van der Waals surface area (Å²) in [6.45, 7) is 4.48. The van der Waals surface area contributed by atoms with Crippen LogP contribution in [0.2, 0.25) is 0 Å². The third kappa shape index (κ3) is 3.92. The van der Waals surface area contributed by atoms with Crippen molar-refractivity contribution in [3.8, 4) is 0 Å². The van der Waals surface area contributed by atoms with Crippen LogP contribution in [0.4, 0.5) is 5.69 Å². The van der Waals surface area contributed by atoms with Crippen molar-refractivity contribution >= 4 is 22.9 Å². The summed E-state index contributed by atoms with van der Waals surface area (Å²) in [7, 11) is 4.01. The summed E-state index contributed by atoms with van der Waals surface area (Å²) in [4.78, 5) is 19.0. The topological polar surface area (TPSA) is 26.8 Å². The number of nitrogens with zero attached hydrogens (tertiary/aromatic N) is 3. The van der Waals surface area contributed by atoms with Crippen LogP contribution in [0, 0.1) is 0 Å². The zero-order valence-electron chi connectivity index (χ0n) is 13.7. The van der Waals surface area contributed by atoms with Gasteiger partial charge in [0.05, 0.1) is 0 Å². The molecule has 1 saturated heterocycles. The van der Waals surface area contributed by atoms with Gasteiger partial charge in [0.25, 0.3) is 5.91 Å². The van der Waals surface area contributed by atoms with Gasteiger partial charge in [-0.3, -0.25) is 9.69 Å². The maximum atomic E-state index is 12.6. The predicted octanol–water partition coefficient (Wildman–Crippen LogP) is 2.77. The molecule has 0 spiro atoms. The molecule has 23 heavy (non-hydrogen) atoms. The van der Waals surface area contributed by atoms with E-state index >= 15 is 0 Å². The SMILES string of the molecule is CN(C)c1ccc(C(=O)N2CCN(Cc3ccsc3)CC2)cc1. The standard InChI is InChI=1S/C18H23N3OS/c1-19(2)17-5-3-16(4-6-17)18(22)21-10-8-20(9-11-21)13-15-7-12-23-14-15/h3-7,12,14H,8-11,13H2,1-2H3. The summed E-state index contributed by atoms with van der Waals surface area (Å²) in [6, 6.07) is 10.0. The van der Waals surface area contributed by atoms with Crippen LogP contribution in [-0.4, -0.2) is 56.0 Å². The number of rotatable bonds is 4. The van der Waals surface area contributed by atoms with Crippen LogP contribution >= 0.6 is 11.3 Å². The average molecular weight is 329 g/mol. The van der Waals surface area contributed by atoms with Crippen molar-refractivity contribution in [2.24, 2.45) is 0 Å². The third-order valence-corrected chi connectivity index (χ3v) is 5.01. The molecule has 0 bridgehead atoms. The van der Waals surface area contributed by atoms with Gasteiger partial charge < -0.3 is 9.80 Å². The van der Waals surface area contributed by atoms with Gasteiger partial charge in [-0.15, -0.1) is 0 Å². The molecule has 1 aliphatic rings. The third-order valence-electron chi connectivity index (χ3n) is 4.28. The van der Waals surface area contributed by atoms with Crippen molar-refractivity contribution in [2.75, 3.05) is 45.2 Å². The van der Waals surface area contributed by atoms with Crippen LogP contribution in [0.5, 0.6) is 0 Å². The molecule has 122 valence electrons. The van der Waals surface area contributed by atoms with Crippen LogP contribution < -0.4 is 4.90 Å². The van der Waals surface area contributed by atoms with E-state index in [-0.39, 0.29) is 5.91 Å². The molecule has 0 aliphatic carbocycles. The molecule has 1 aromatic heterocycles. The fourth-order valence-electron chi connectivity index (χ4n) is 2.83. The number of amides is 1. The van der Waals surface area contributed by atoms with Crippen LogP contribution in [0.25, 0.3) is 0 Å². The fourth-order valence-corrected chi connectivity index (χ4v) is 3.49. The first-order valence-electron chi connectivity index (χ1n) is 7.93. The normalized spacial score (nSPS) is 15.7. The Morgan fingerprint density at radius 2 is 1.78 bits per heavy atom. The summed E-state index contributed by atoms with van der Waals surface area (Å²) >= 11 is 1.74. The minimum atomic E-state index is 0.144. The van der Waals surface area contributed by atoms with E-state index in [1.165, 1.54) is 5.56 Å². The second-order valence-electron chi connectivity index (χ2n) is 6.14. The van der Waals surface area contributed by atoms with Crippen molar-refractivity contribution in [2.45, 2.75) is 6.54 Å². The molecule has 1 amide bonds. The number of thiophene rings is 1. The van der Waals surface area contributed by atoms with E-state index in [1.54, 1.807) is 11.3 Å². The number of anilines is 1. The van der Waals surface area contributed by atoms with Crippen molar-refractivity contribution in [3.63, 3.8) is 0 Å². The summed E-state index contributed by atoms with van der Waals surface area (Å²) in [5, 5.41) is 4.32. The van der Waals surface area contributed by atoms with E-state index in [0.717, 1.165) is 44.0 Å². The highest BCUT2D eigenvalue weighted by Gasteiger charge is 2.22. The van der Waals surface area contributed by atoms with Gasteiger partial charge in [0.15, 0.2) is 0 Å². The molecule has 2 heterocycles. The van der Waals surface area contributed by atoms with Gasteiger partial charge in [-0.25, -0.2) is 0 Å². The van der Waals surface area contributed by atoms with Gasteiger partial charge in [0.2, 0.25) is 0 Å². The highest BCUT2D eigenvalue weighted by atomic mass is 32.1. The molecule has 1 aliphatic heterocycles. The van der Waals surface area contributed by atoms with Gasteiger partial charge in [-0.1, -0.05) is 0 Å². The second kappa shape index (κ2) is 7.15. The minimum absolute atomic E-state index is 0.144. The summed E-state index contributed by atoms with van der Waals surface area (Å²) in [5.41, 5.74) is 3.26. The molecular weight excluding hydrogens is 306 g/mol. The van der Waals surface area contributed by atoms with Crippen LogP contribution in [0.3, 0.4) is 0 Å². The molecule has 0 unspecified atom stereocenters. The first-order valence-corrected chi connectivity index (χ1v) is 8.88. The Kier molecular flexibility index (Phi) is 4.98. The lowest BCUT2D eigenvalue weighted by molar-refractivity contribution is 0.0628. The number of carbonyl (C=O) groups is 1. The number of piperazine rings is 1. The monoisotopic (exact) mass is 329 g/mol. The van der Waals surface area contributed by atoms with Gasteiger partial charge in [-0.2, -0.15) is 11.3 Å². The molecule has 0 atom stereocenters. The lowest BCUT2D eigenvalue weighted by Gasteiger charge is -2.34. The van der Waals surface area contributed by atoms with Crippen LogP contribution in [0.15, 0.2) is 41.1 Å². The Hall–Kier alpha value is -1.85. The Morgan fingerprint density at radius 3 is 2.35 bits per heavy atom. The van der Waals surface area contributed by atoms with Gasteiger partial charge in [0, 0.05) is 58.1 Å². The van der Waals surface area contributed by atoms with Crippen molar-refractivity contribution in [3.05, 3.63) is 52.2 Å². The number of benzene rings is 1. The van der Waals surface area contributed by atoms with E-state index in [1.807, 2.05) is 48.2 Å². The predicted molar refractivity (Wildman–Crippen MR) is 96.3 cm³/mol. The molecule has 3 rings (SSSR count). The summed E-state index contributed by atoms with van der Waals surface area (Å²) in [5.74, 6) is 0.144. The Morgan fingerprint density at radius 1 is 1.09 bits per heavy atom. The van der Waals surface area contributed by atoms with Gasteiger partial charge in [0.1, 0.15) is 0 Å². The van der Waals surface area contributed by atoms with Crippen molar-refractivity contribution < 1.29 is 4.79 Å². The smallest absolute Gasteiger partial charge is 0.253 e.